The second-order valence-corrected chi connectivity index (χ2v) is 8.69. The van der Waals surface area contributed by atoms with Gasteiger partial charge >= 0.3 is 75.4 Å². The smallest absolute Gasteiger partial charge is 0.853 e. The SMILES string of the molecule is CC[C@@H]1O[C@@H](C[O-])[C@@H](OC2OC(C[O-])[C@@H](CO)[C@H]([O-])[C@@H]2N)C(OS(=O)(=O)[O-])C1NC(C)=O.[Li+].[Li+].[Li+].[Li+]. The van der Waals surface area contributed by atoms with Gasteiger partial charge in [-0.05, 0) is 12.3 Å². The van der Waals surface area contributed by atoms with E-state index in [1.54, 1.807) is 6.92 Å². The molecule has 2 aliphatic heterocycles. The normalized spacial score (nSPS) is 36.2. The molecule has 0 aromatic rings. The molecule has 0 bridgehead atoms. The molecule has 0 aliphatic carbocycles. The van der Waals surface area contributed by atoms with Crippen LogP contribution >= 0.6 is 0 Å². The summed E-state index contributed by atoms with van der Waals surface area (Å²) in [5.41, 5.74) is 5.87. The Morgan fingerprint density at radius 2 is 1.61 bits per heavy atom. The van der Waals surface area contributed by atoms with Crippen molar-refractivity contribution in [2.75, 3.05) is 19.8 Å². The van der Waals surface area contributed by atoms with Gasteiger partial charge in [0.15, 0.2) is 6.29 Å². The van der Waals surface area contributed by atoms with Crippen LogP contribution in [0, 0.1) is 5.92 Å². The topological polar surface area (TPSA) is 239 Å². The van der Waals surface area contributed by atoms with Crippen molar-refractivity contribution in [2.24, 2.45) is 11.7 Å². The zero-order chi connectivity index (χ0) is 24.2. The number of nitrogens with two attached hydrogens (primary N) is 1. The third-order valence-corrected chi connectivity index (χ3v) is 5.99. The zero-order valence-electron chi connectivity index (χ0n) is 21.5. The number of hydrogen-bond acceptors (Lipinski definition) is 13. The Balaban J connectivity index is -0.00000272. The van der Waals surface area contributed by atoms with Crippen LogP contribution < -0.4 is 102 Å². The first-order valence-electron chi connectivity index (χ1n) is 10.0. The van der Waals surface area contributed by atoms with Gasteiger partial charge in [-0.1, -0.05) is 13.0 Å². The van der Waals surface area contributed by atoms with Crippen LogP contribution in [0.5, 0.6) is 0 Å². The molecule has 4 unspecified atom stereocenters. The van der Waals surface area contributed by atoms with Gasteiger partial charge in [-0.2, -0.15) is 0 Å². The van der Waals surface area contributed by atoms with E-state index in [0.717, 1.165) is 6.92 Å². The van der Waals surface area contributed by atoms with E-state index in [1.807, 2.05) is 0 Å². The maximum absolute atomic E-state index is 12.5. The van der Waals surface area contributed by atoms with Crippen LogP contribution in [-0.4, -0.2) is 98.8 Å². The molecular formula is C17H28Li4N2O12S. The van der Waals surface area contributed by atoms with Gasteiger partial charge in [-0.15, -0.1) is 13.2 Å². The Bertz CT molecular complexity index is 740. The summed E-state index contributed by atoms with van der Waals surface area (Å²) < 4.78 is 55.6. The fraction of sp³-hybridized carbons (Fsp3) is 0.941. The predicted molar refractivity (Wildman–Crippen MR) is 96.7 cm³/mol. The minimum atomic E-state index is -5.34. The molecular weight excluding hydrogens is 484 g/mol. The number of carbonyl (C=O) groups excluding carboxylic acids is 1. The van der Waals surface area contributed by atoms with E-state index in [-0.39, 0.29) is 81.9 Å². The van der Waals surface area contributed by atoms with Crippen molar-refractivity contribution in [3.8, 4) is 0 Å². The fourth-order valence-electron chi connectivity index (χ4n) is 4.00. The molecule has 4 N–H and O–H groups in total. The first-order chi connectivity index (χ1) is 15.0. The summed E-state index contributed by atoms with van der Waals surface area (Å²) in [6.07, 6.45) is -9.89. The van der Waals surface area contributed by atoms with Crippen LogP contribution in [0.3, 0.4) is 0 Å². The van der Waals surface area contributed by atoms with Crippen molar-refractivity contribution in [1.82, 2.24) is 5.32 Å². The summed E-state index contributed by atoms with van der Waals surface area (Å²) in [5.74, 6) is -1.71. The molecule has 14 nitrogen and oxygen atoms in total. The standard InChI is InChI=1S/C17H29N2O12S.4Li/c1-3-9-13(19-7(2)23)16(31-32(25,26)27)15(11(6-22)28-9)30-17-12(18)14(24)8(4-20)10(5-21)29-17;;;;/h8-17,20H,3-6,18H2,1-2H3,(H,19,23)(H,25,26,27);;;;/q-3;4*+1/p-1/t8-,9+,10?,11+,12+,13?,14+,15-,16?,17?;;;;/m1..../s1. The van der Waals surface area contributed by atoms with Crippen LogP contribution in [0.4, 0.5) is 0 Å². The first kappa shape index (κ1) is 41.9. The summed E-state index contributed by atoms with van der Waals surface area (Å²) in [6.45, 7) is 0.270. The molecule has 0 spiro atoms. The van der Waals surface area contributed by atoms with Crippen molar-refractivity contribution in [3.63, 3.8) is 0 Å². The zero-order valence-corrected chi connectivity index (χ0v) is 22.3. The van der Waals surface area contributed by atoms with Gasteiger partial charge in [0.25, 0.3) is 0 Å². The van der Waals surface area contributed by atoms with E-state index in [1.165, 1.54) is 0 Å². The maximum Gasteiger partial charge on any atom is 1.00 e. The molecule has 0 aromatic heterocycles. The molecule has 2 fully saturated rings. The molecule has 36 heavy (non-hydrogen) atoms. The summed E-state index contributed by atoms with van der Waals surface area (Å²) in [4.78, 5) is 11.7. The minimum Gasteiger partial charge on any atom is -0.853 e. The summed E-state index contributed by atoms with van der Waals surface area (Å²) in [7, 11) is -5.34. The Kier molecular flexibility index (Phi) is 21.8. The summed E-state index contributed by atoms with van der Waals surface area (Å²) in [6, 6.07) is -2.63. The Labute approximate surface area is 258 Å². The minimum absolute atomic E-state index is 0. The van der Waals surface area contributed by atoms with Gasteiger partial charge in [0.1, 0.15) is 12.2 Å². The van der Waals surface area contributed by atoms with Crippen molar-refractivity contribution in [2.45, 2.75) is 75.3 Å². The molecule has 0 aromatic carbocycles. The monoisotopic (exact) mass is 512 g/mol. The number of amides is 1. The molecule has 0 radical (unpaired) electrons. The number of nitrogens with one attached hydrogen (secondary N) is 1. The predicted octanol–water partition coefficient (Wildman–Crippen LogP) is -18.0. The molecule has 2 aliphatic rings. The third kappa shape index (κ3) is 10.8. The number of rotatable bonds is 9. The first-order valence-corrected chi connectivity index (χ1v) is 11.4. The van der Waals surface area contributed by atoms with E-state index >= 15 is 0 Å². The number of aliphatic hydroxyl groups is 1. The molecule has 2 heterocycles. The molecule has 0 saturated carbocycles. The second kappa shape index (κ2) is 18.7. The van der Waals surface area contributed by atoms with E-state index in [4.69, 9.17) is 19.9 Å². The molecule has 2 saturated heterocycles. The number of ether oxygens (including phenoxy) is 3. The van der Waals surface area contributed by atoms with Crippen molar-refractivity contribution in [3.05, 3.63) is 0 Å². The van der Waals surface area contributed by atoms with E-state index in [9.17, 15) is 38.2 Å². The molecule has 10 atom stereocenters. The van der Waals surface area contributed by atoms with Gasteiger partial charge in [0, 0.05) is 25.7 Å². The Hall–Kier alpha value is 1.41. The molecule has 1 amide bonds. The quantitative estimate of drug-likeness (QED) is 0.148. The van der Waals surface area contributed by atoms with Crippen molar-refractivity contribution >= 4 is 16.3 Å². The van der Waals surface area contributed by atoms with Gasteiger partial charge in [0.05, 0.1) is 18.2 Å². The van der Waals surface area contributed by atoms with Crippen LogP contribution in [0.2, 0.25) is 0 Å². The Morgan fingerprint density at radius 1 is 1.06 bits per heavy atom. The fourth-order valence-corrected chi connectivity index (χ4v) is 4.50. The van der Waals surface area contributed by atoms with E-state index in [0.29, 0.717) is 0 Å². The summed E-state index contributed by atoms with van der Waals surface area (Å²) in [5, 5.41) is 47.6. The van der Waals surface area contributed by atoms with Crippen molar-refractivity contribution < 1.29 is 132 Å². The van der Waals surface area contributed by atoms with Crippen LogP contribution in [0.1, 0.15) is 20.3 Å². The van der Waals surface area contributed by atoms with Gasteiger partial charge in [-0.25, -0.2) is 8.42 Å². The van der Waals surface area contributed by atoms with Gasteiger partial charge in [0.2, 0.25) is 16.3 Å². The number of carbonyl (C=O) groups is 1. The Morgan fingerprint density at radius 3 is 2.03 bits per heavy atom. The van der Waals surface area contributed by atoms with Crippen molar-refractivity contribution in [1.29, 1.82) is 0 Å². The van der Waals surface area contributed by atoms with Crippen LogP contribution in [0.15, 0.2) is 0 Å². The van der Waals surface area contributed by atoms with Crippen LogP contribution in [0.25, 0.3) is 0 Å². The average Bonchev–Trinajstić information content (AvgIpc) is 2.72. The molecule has 188 valence electrons. The third-order valence-electron chi connectivity index (χ3n) is 5.53. The van der Waals surface area contributed by atoms with E-state index < -0.39 is 97.0 Å². The number of hydrogen-bond donors (Lipinski definition) is 3. The van der Waals surface area contributed by atoms with Crippen LogP contribution in [-0.2, 0) is 33.6 Å². The average molecular weight is 512 g/mol. The number of aliphatic hydroxyl groups excluding tert-OH is 1. The molecule has 2 rings (SSSR count). The maximum atomic E-state index is 12.5. The van der Waals surface area contributed by atoms with Gasteiger partial charge < -0.3 is 50.2 Å². The molecule has 19 heteroatoms. The van der Waals surface area contributed by atoms with Gasteiger partial charge in [-0.3, -0.25) is 8.98 Å². The van der Waals surface area contributed by atoms with E-state index in [2.05, 4.69) is 9.50 Å². The summed E-state index contributed by atoms with van der Waals surface area (Å²) >= 11 is 0. The largest absolute Gasteiger partial charge is 1.00 e. The second-order valence-electron chi connectivity index (χ2n) is 7.68.